The first kappa shape index (κ1) is 25.6. The van der Waals surface area contributed by atoms with Crippen LogP contribution in [0.15, 0.2) is 67.4 Å². The van der Waals surface area contributed by atoms with Crippen LogP contribution < -0.4 is 15.5 Å². The second-order valence-corrected chi connectivity index (χ2v) is 10.6. The van der Waals surface area contributed by atoms with Crippen LogP contribution in [-0.2, 0) is 4.79 Å². The molecule has 40 heavy (non-hydrogen) atoms. The number of aromatic nitrogens is 1. The highest BCUT2D eigenvalue weighted by Gasteiger charge is 2.34. The van der Waals surface area contributed by atoms with Crippen molar-refractivity contribution < 1.29 is 23.2 Å². The van der Waals surface area contributed by atoms with Crippen molar-refractivity contribution >= 4 is 56.5 Å². The van der Waals surface area contributed by atoms with Gasteiger partial charge >= 0.3 is 6.03 Å². The number of benzene rings is 2. The lowest BCUT2D eigenvalue weighted by Crippen LogP contribution is -2.49. The predicted molar refractivity (Wildman–Crippen MR) is 150 cm³/mol. The Morgan fingerprint density at radius 3 is 2.83 bits per heavy atom. The maximum atomic E-state index is 14.5. The minimum Gasteiger partial charge on any atom is -0.347 e. The molecule has 2 aliphatic rings. The summed E-state index contributed by atoms with van der Waals surface area (Å²) in [7, 11) is 0. The van der Waals surface area contributed by atoms with Gasteiger partial charge in [0, 0.05) is 37.0 Å². The van der Waals surface area contributed by atoms with Gasteiger partial charge in [0.2, 0.25) is 5.91 Å². The zero-order chi connectivity index (χ0) is 28.0. The van der Waals surface area contributed by atoms with Crippen LogP contribution in [0.3, 0.4) is 0 Å². The molecule has 2 aliphatic heterocycles. The van der Waals surface area contributed by atoms with Crippen LogP contribution in [0.2, 0.25) is 0 Å². The minimum absolute atomic E-state index is 0.177. The lowest BCUT2D eigenvalue weighted by Gasteiger charge is -2.32. The number of amides is 4. The summed E-state index contributed by atoms with van der Waals surface area (Å²) in [5.41, 5.74) is 2.03. The second kappa shape index (κ2) is 10.2. The number of piperidine rings is 1. The van der Waals surface area contributed by atoms with Crippen molar-refractivity contribution in [3.05, 3.63) is 83.9 Å². The summed E-state index contributed by atoms with van der Waals surface area (Å²) in [6, 6.07) is 11.0. The molecule has 0 bridgehead atoms. The van der Waals surface area contributed by atoms with Crippen molar-refractivity contribution in [2.24, 2.45) is 0 Å². The van der Waals surface area contributed by atoms with E-state index in [1.807, 2.05) is 0 Å². The molecule has 1 unspecified atom stereocenters. The van der Waals surface area contributed by atoms with Gasteiger partial charge in [-0.3, -0.25) is 14.5 Å². The van der Waals surface area contributed by atoms with Crippen LogP contribution in [0.5, 0.6) is 0 Å². The van der Waals surface area contributed by atoms with Gasteiger partial charge in [-0.05, 0) is 54.8 Å². The number of likely N-dealkylation sites (tertiary alicyclic amines) is 1. The summed E-state index contributed by atoms with van der Waals surface area (Å²) in [6.45, 7) is 4.53. The number of hydrogen-bond acceptors (Lipinski definition) is 5. The van der Waals surface area contributed by atoms with Gasteiger partial charge in [-0.2, -0.15) is 0 Å². The number of carbonyl (C=O) groups excluding carboxylic acids is 3. The van der Waals surface area contributed by atoms with E-state index in [-0.39, 0.29) is 23.4 Å². The molecule has 0 radical (unpaired) electrons. The van der Waals surface area contributed by atoms with Gasteiger partial charge in [0.15, 0.2) is 0 Å². The smallest absolute Gasteiger partial charge is 0.331 e. The maximum Gasteiger partial charge on any atom is 0.331 e. The summed E-state index contributed by atoms with van der Waals surface area (Å²) in [4.78, 5) is 47.3. The molecule has 1 atom stereocenters. The fourth-order valence-electron chi connectivity index (χ4n) is 5.21. The Bertz CT molecular complexity index is 1700. The van der Waals surface area contributed by atoms with E-state index in [0.29, 0.717) is 50.8 Å². The molecule has 4 heterocycles. The highest BCUT2D eigenvalue weighted by atomic mass is 32.1. The SMILES string of the molecule is C=CC(=O)N1CCCC(NC(=O)c2sc3nccc4c3c2NC(=O)N4c2cccc(-c3ccc(F)cc3F)c2)C1. The Balaban J connectivity index is 1.34. The lowest BCUT2D eigenvalue weighted by atomic mass is 10.0. The fraction of sp³-hybridized carbons (Fsp3) is 0.172. The van der Waals surface area contributed by atoms with Gasteiger partial charge in [0.25, 0.3) is 5.91 Å². The molecular formula is C29H23F2N5O3S. The number of anilines is 3. The van der Waals surface area contributed by atoms with Crippen LogP contribution in [0.25, 0.3) is 21.3 Å². The van der Waals surface area contributed by atoms with E-state index in [1.165, 1.54) is 34.4 Å². The average molecular weight is 560 g/mol. The molecule has 4 aromatic rings. The number of nitrogens with zero attached hydrogens (tertiary/aromatic N) is 3. The summed E-state index contributed by atoms with van der Waals surface area (Å²) in [6.07, 6.45) is 4.30. The zero-order valence-electron chi connectivity index (χ0n) is 21.1. The Morgan fingerprint density at radius 1 is 1.18 bits per heavy atom. The van der Waals surface area contributed by atoms with E-state index in [4.69, 9.17) is 0 Å². The molecule has 4 amide bonds. The van der Waals surface area contributed by atoms with Gasteiger partial charge in [0.05, 0.1) is 22.4 Å². The van der Waals surface area contributed by atoms with Crippen LogP contribution in [0.1, 0.15) is 22.5 Å². The van der Waals surface area contributed by atoms with Crippen molar-refractivity contribution in [3.8, 4) is 11.1 Å². The van der Waals surface area contributed by atoms with Crippen LogP contribution in [-0.4, -0.2) is 46.9 Å². The summed E-state index contributed by atoms with van der Waals surface area (Å²) in [5.74, 6) is -1.92. The quantitative estimate of drug-likeness (QED) is 0.301. The summed E-state index contributed by atoms with van der Waals surface area (Å²) in [5, 5.41) is 6.47. The first-order valence-corrected chi connectivity index (χ1v) is 13.5. The molecule has 6 rings (SSSR count). The van der Waals surface area contributed by atoms with Crippen LogP contribution in [0.4, 0.5) is 30.6 Å². The first-order valence-electron chi connectivity index (χ1n) is 12.6. The van der Waals surface area contributed by atoms with Crippen molar-refractivity contribution in [3.63, 3.8) is 0 Å². The van der Waals surface area contributed by atoms with E-state index in [1.54, 1.807) is 41.4 Å². The van der Waals surface area contributed by atoms with E-state index < -0.39 is 17.7 Å². The Hall–Kier alpha value is -4.64. The number of pyridine rings is 1. The minimum atomic E-state index is -0.711. The maximum absolute atomic E-state index is 14.5. The van der Waals surface area contributed by atoms with Crippen molar-refractivity contribution in [1.29, 1.82) is 0 Å². The van der Waals surface area contributed by atoms with Crippen LogP contribution >= 0.6 is 11.3 Å². The number of thiophene rings is 1. The second-order valence-electron chi connectivity index (χ2n) is 9.56. The molecule has 2 N–H and O–H groups in total. The number of rotatable bonds is 5. The highest BCUT2D eigenvalue weighted by Crippen LogP contribution is 2.46. The number of nitrogens with one attached hydrogen (secondary N) is 2. The molecule has 2 aromatic heterocycles. The molecule has 1 fully saturated rings. The normalized spacial score (nSPS) is 16.6. The number of hydrogen-bond donors (Lipinski definition) is 2. The monoisotopic (exact) mass is 559 g/mol. The van der Waals surface area contributed by atoms with Gasteiger partial charge in [-0.15, -0.1) is 11.3 Å². The van der Waals surface area contributed by atoms with Gasteiger partial charge in [-0.25, -0.2) is 18.6 Å². The number of urea groups is 1. The Labute approximate surface area is 231 Å². The number of halogens is 2. The van der Waals surface area contributed by atoms with Crippen molar-refractivity contribution in [2.45, 2.75) is 18.9 Å². The van der Waals surface area contributed by atoms with Gasteiger partial charge < -0.3 is 15.5 Å². The molecular weight excluding hydrogens is 536 g/mol. The molecule has 2 aromatic carbocycles. The molecule has 202 valence electrons. The predicted octanol–water partition coefficient (Wildman–Crippen LogP) is 5.83. The Kier molecular flexibility index (Phi) is 6.51. The van der Waals surface area contributed by atoms with Crippen molar-refractivity contribution in [1.82, 2.24) is 15.2 Å². The topological polar surface area (TPSA) is 94.6 Å². The highest BCUT2D eigenvalue weighted by molar-refractivity contribution is 7.21. The van der Waals surface area contributed by atoms with Crippen LogP contribution in [0, 0.1) is 11.6 Å². The standard InChI is InChI=1S/C29H23F2N5O3S/c1-2-23(37)35-12-4-6-18(15-35)33-27(38)26-25-24-22(10-11-32-28(24)40-26)36(29(39)34-25)19-7-3-5-16(13-19)20-9-8-17(30)14-21(20)31/h2-3,5,7-11,13-14,18H,1,4,6,12,15H2,(H,33,38)(H,34,39). The molecule has 11 heteroatoms. The van der Waals surface area contributed by atoms with Gasteiger partial charge in [-0.1, -0.05) is 18.7 Å². The van der Waals surface area contributed by atoms with E-state index in [2.05, 4.69) is 22.2 Å². The third-order valence-electron chi connectivity index (χ3n) is 7.04. The largest absolute Gasteiger partial charge is 0.347 e. The van der Waals surface area contributed by atoms with Gasteiger partial charge in [0.1, 0.15) is 21.3 Å². The zero-order valence-corrected chi connectivity index (χ0v) is 21.9. The number of carbonyl (C=O) groups is 3. The van der Waals surface area contributed by atoms with Crippen molar-refractivity contribution in [2.75, 3.05) is 23.3 Å². The third-order valence-corrected chi connectivity index (χ3v) is 8.14. The molecule has 0 spiro atoms. The van der Waals surface area contributed by atoms with E-state index >= 15 is 0 Å². The fourth-order valence-corrected chi connectivity index (χ4v) is 6.23. The molecule has 0 aliphatic carbocycles. The molecule has 8 nitrogen and oxygen atoms in total. The third kappa shape index (κ3) is 4.47. The summed E-state index contributed by atoms with van der Waals surface area (Å²) >= 11 is 1.17. The summed E-state index contributed by atoms with van der Waals surface area (Å²) < 4.78 is 27.9. The first-order chi connectivity index (χ1) is 19.3. The van der Waals surface area contributed by atoms with E-state index in [0.717, 1.165) is 18.9 Å². The van der Waals surface area contributed by atoms with E-state index in [9.17, 15) is 23.2 Å². The molecule has 0 saturated carbocycles. The molecule has 1 saturated heterocycles. The average Bonchev–Trinajstić information content (AvgIpc) is 3.32. The lowest BCUT2D eigenvalue weighted by molar-refractivity contribution is -0.127. The Morgan fingerprint density at radius 2 is 2.02 bits per heavy atom.